The third-order valence-corrected chi connectivity index (χ3v) is 5.81. The number of hydrogen-bond donors (Lipinski definition) is 0. The molecule has 0 radical (unpaired) electrons. The molecule has 1 fully saturated rings. The number of anilines is 1. The van der Waals surface area contributed by atoms with E-state index in [4.69, 9.17) is 16.0 Å². The van der Waals surface area contributed by atoms with Crippen molar-refractivity contribution in [3.8, 4) is 0 Å². The van der Waals surface area contributed by atoms with Crippen molar-refractivity contribution in [2.75, 3.05) is 31.1 Å². The minimum Gasteiger partial charge on any atom is -0.467 e. The van der Waals surface area contributed by atoms with E-state index in [1.807, 2.05) is 22.9 Å². The maximum Gasteiger partial charge on any atom is 0.168 e. The van der Waals surface area contributed by atoms with Gasteiger partial charge in [0.2, 0.25) is 0 Å². The van der Waals surface area contributed by atoms with Crippen LogP contribution in [0.3, 0.4) is 0 Å². The van der Waals surface area contributed by atoms with Crippen LogP contribution in [0.2, 0.25) is 5.02 Å². The summed E-state index contributed by atoms with van der Waals surface area (Å²) in [6.45, 7) is 8.74. The van der Waals surface area contributed by atoms with Gasteiger partial charge >= 0.3 is 0 Å². The van der Waals surface area contributed by atoms with Gasteiger partial charge in [0.15, 0.2) is 5.82 Å². The Morgan fingerprint density at radius 2 is 2.00 bits per heavy atom. The van der Waals surface area contributed by atoms with E-state index in [2.05, 4.69) is 51.3 Å². The van der Waals surface area contributed by atoms with E-state index in [1.54, 1.807) is 6.26 Å². The lowest BCUT2D eigenvalue weighted by atomic mass is 10.1. The smallest absolute Gasteiger partial charge is 0.168 e. The Balaban J connectivity index is 1.48. The highest BCUT2D eigenvalue weighted by Crippen LogP contribution is 2.29. The summed E-state index contributed by atoms with van der Waals surface area (Å²) < 4.78 is 7.35. The van der Waals surface area contributed by atoms with Gasteiger partial charge in [0.25, 0.3) is 0 Å². The fraction of sp³-hybridized carbons (Fsp3) is 0.476. The van der Waals surface area contributed by atoms with Crippen LogP contribution in [0.15, 0.2) is 41.0 Å². The van der Waals surface area contributed by atoms with Crippen LogP contribution in [-0.2, 0) is 6.54 Å². The van der Waals surface area contributed by atoms with Crippen LogP contribution in [0.5, 0.6) is 0 Å². The third kappa shape index (κ3) is 4.46. The molecular formula is C21H27ClN6O. The first-order valence-corrected chi connectivity index (χ1v) is 10.6. The normalized spacial score (nSPS) is 16.3. The number of aromatic nitrogens is 4. The molecule has 2 aromatic heterocycles. The Labute approximate surface area is 176 Å². The summed E-state index contributed by atoms with van der Waals surface area (Å²) in [5.74, 6) is 1.77. The summed E-state index contributed by atoms with van der Waals surface area (Å²) in [6.07, 6.45) is 3.78. The number of hydrogen-bond acceptors (Lipinski definition) is 6. The molecule has 4 rings (SSSR count). The van der Waals surface area contributed by atoms with Gasteiger partial charge in [-0.25, -0.2) is 4.68 Å². The van der Waals surface area contributed by atoms with E-state index in [1.165, 1.54) is 11.3 Å². The van der Waals surface area contributed by atoms with E-state index in [0.29, 0.717) is 6.54 Å². The predicted octanol–water partition coefficient (Wildman–Crippen LogP) is 3.94. The minimum atomic E-state index is 0.201. The number of piperazine rings is 1. The average Bonchev–Trinajstić information content (AvgIpc) is 3.41. The summed E-state index contributed by atoms with van der Waals surface area (Å²) in [5, 5.41) is 13.3. The van der Waals surface area contributed by atoms with Crippen LogP contribution in [0.25, 0.3) is 0 Å². The van der Waals surface area contributed by atoms with E-state index in [0.717, 1.165) is 55.6 Å². The van der Waals surface area contributed by atoms with Crippen molar-refractivity contribution in [1.29, 1.82) is 0 Å². The molecule has 0 amide bonds. The SMILES string of the molecule is CCC[C@H](c1nnnn1Cc1ccco1)N1CCN(c2cc(Cl)ccc2C)CC1. The molecule has 154 valence electrons. The fourth-order valence-corrected chi connectivity index (χ4v) is 4.23. The summed E-state index contributed by atoms with van der Waals surface area (Å²) in [6, 6.07) is 10.2. The van der Waals surface area contributed by atoms with Crippen LogP contribution in [0, 0.1) is 6.92 Å². The summed E-state index contributed by atoms with van der Waals surface area (Å²) >= 11 is 6.23. The quantitative estimate of drug-likeness (QED) is 0.583. The summed E-state index contributed by atoms with van der Waals surface area (Å²) in [7, 11) is 0. The van der Waals surface area contributed by atoms with Gasteiger partial charge in [-0.3, -0.25) is 4.90 Å². The molecule has 7 nitrogen and oxygen atoms in total. The summed E-state index contributed by atoms with van der Waals surface area (Å²) in [5.41, 5.74) is 2.49. The second-order valence-electron chi connectivity index (χ2n) is 7.53. The molecule has 0 saturated carbocycles. The van der Waals surface area contributed by atoms with Crippen molar-refractivity contribution >= 4 is 17.3 Å². The third-order valence-electron chi connectivity index (χ3n) is 5.57. The lowest BCUT2D eigenvalue weighted by Crippen LogP contribution is -2.48. The van der Waals surface area contributed by atoms with E-state index in [9.17, 15) is 0 Å². The Hall–Kier alpha value is -2.38. The molecule has 1 aliphatic heterocycles. The first kappa shape index (κ1) is 19.9. The Bertz CT molecular complexity index is 917. The van der Waals surface area contributed by atoms with Crippen LogP contribution in [-0.4, -0.2) is 51.3 Å². The number of nitrogens with zero attached hydrogens (tertiary/aromatic N) is 6. The van der Waals surface area contributed by atoms with Gasteiger partial charge in [0.05, 0.1) is 12.3 Å². The molecule has 1 aromatic carbocycles. The van der Waals surface area contributed by atoms with Crippen molar-refractivity contribution in [1.82, 2.24) is 25.1 Å². The zero-order chi connectivity index (χ0) is 20.2. The number of halogens is 1. The van der Waals surface area contributed by atoms with Gasteiger partial charge in [0.1, 0.15) is 12.3 Å². The molecule has 3 aromatic rings. The highest BCUT2D eigenvalue weighted by Gasteiger charge is 2.29. The van der Waals surface area contributed by atoms with Crippen LogP contribution in [0.1, 0.15) is 43.0 Å². The van der Waals surface area contributed by atoms with Crippen molar-refractivity contribution in [2.24, 2.45) is 0 Å². The van der Waals surface area contributed by atoms with E-state index >= 15 is 0 Å². The van der Waals surface area contributed by atoms with Gasteiger partial charge in [0, 0.05) is 36.9 Å². The first-order chi connectivity index (χ1) is 14.2. The molecule has 0 spiro atoms. The second-order valence-corrected chi connectivity index (χ2v) is 7.97. The molecule has 0 unspecified atom stereocenters. The molecule has 29 heavy (non-hydrogen) atoms. The molecule has 1 saturated heterocycles. The standard InChI is InChI=1S/C21H27ClN6O/c1-3-5-19(21-23-24-25-28(21)15-18-6-4-13-29-18)26-9-11-27(12-10-26)20-14-17(22)8-7-16(20)2/h4,6-8,13-14,19H,3,5,9-12,15H2,1-2H3/t19-/m1/s1. The molecule has 8 heteroatoms. The lowest BCUT2D eigenvalue weighted by Gasteiger charge is -2.40. The molecule has 3 heterocycles. The fourth-order valence-electron chi connectivity index (χ4n) is 4.06. The molecule has 1 aliphatic rings. The topological polar surface area (TPSA) is 63.2 Å². The molecular weight excluding hydrogens is 388 g/mol. The zero-order valence-corrected chi connectivity index (χ0v) is 17.7. The Morgan fingerprint density at radius 1 is 1.17 bits per heavy atom. The van der Waals surface area contributed by atoms with E-state index < -0.39 is 0 Å². The van der Waals surface area contributed by atoms with Crippen LogP contribution >= 0.6 is 11.6 Å². The first-order valence-electron chi connectivity index (χ1n) is 10.2. The monoisotopic (exact) mass is 414 g/mol. The van der Waals surface area contributed by atoms with E-state index in [-0.39, 0.29) is 6.04 Å². The predicted molar refractivity (Wildman–Crippen MR) is 113 cm³/mol. The van der Waals surface area contributed by atoms with Crippen molar-refractivity contribution < 1.29 is 4.42 Å². The largest absolute Gasteiger partial charge is 0.467 e. The van der Waals surface area contributed by atoms with Gasteiger partial charge < -0.3 is 9.32 Å². The van der Waals surface area contributed by atoms with Crippen LogP contribution in [0.4, 0.5) is 5.69 Å². The van der Waals surface area contributed by atoms with Crippen LogP contribution < -0.4 is 4.90 Å². The number of furan rings is 1. The Kier molecular flexibility index (Phi) is 6.16. The number of rotatable bonds is 7. The molecule has 1 atom stereocenters. The van der Waals surface area contributed by atoms with Gasteiger partial charge in [-0.15, -0.1) is 5.10 Å². The van der Waals surface area contributed by atoms with Gasteiger partial charge in [-0.05, 0) is 53.6 Å². The second kappa shape index (κ2) is 8.97. The van der Waals surface area contributed by atoms with Gasteiger partial charge in [-0.1, -0.05) is 31.0 Å². The molecule has 0 aliphatic carbocycles. The van der Waals surface area contributed by atoms with Crippen molar-refractivity contribution in [3.05, 3.63) is 58.8 Å². The average molecular weight is 415 g/mol. The number of aryl methyl sites for hydroxylation is 1. The minimum absolute atomic E-state index is 0.201. The number of benzene rings is 1. The maximum absolute atomic E-state index is 6.23. The highest BCUT2D eigenvalue weighted by atomic mass is 35.5. The molecule has 0 N–H and O–H groups in total. The summed E-state index contributed by atoms with van der Waals surface area (Å²) in [4.78, 5) is 4.93. The lowest BCUT2D eigenvalue weighted by molar-refractivity contribution is 0.164. The van der Waals surface area contributed by atoms with Gasteiger partial charge in [-0.2, -0.15) is 0 Å². The molecule has 0 bridgehead atoms. The zero-order valence-electron chi connectivity index (χ0n) is 17.0. The maximum atomic E-state index is 6.23. The van der Waals surface area contributed by atoms with Crippen molar-refractivity contribution in [3.63, 3.8) is 0 Å². The number of tetrazole rings is 1. The van der Waals surface area contributed by atoms with Crippen molar-refractivity contribution in [2.45, 2.75) is 39.3 Å². The highest BCUT2D eigenvalue weighted by molar-refractivity contribution is 6.30. The Morgan fingerprint density at radius 3 is 2.72 bits per heavy atom.